The second-order valence-corrected chi connectivity index (χ2v) is 10.9. The third kappa shape index (κ3) is 5.04. The molecule has 2 heterocycles. The molecule has 2 aliphatic rings. The van der Waals surface area contributed by atoms with Gasteiger partial charge in [0.2, 0.25) is 0 Å². The normalized spacial score (nSPS) is 23.0. The van der Waals surface area contributed by atoms with Gasteiger partial charge in [-0.15, -0.1) is 0 Å². The fraction of sp³-hybridized carbons (Fsp3) is 0.364. The fourth-order valence-corrected chi connectivity index (χ4v) is 7.78. The smallest absolute Gasteiger partial charge is 0.252 e. The number of amides is 1. The number of hydrogen-bond donors (Lipinski definition) is 0. The summed E-state index contributed by atoms with van der Waals surface area (Å²) in [6, 6.07) is 14.7. The summed E-state index contributed by atoms with van der Waals surface area (Å²) >= 11 is 1.39. The number of fused-ring (bicyclic) bond motifs is 1. The molecule has 2 aromatic rings. The second-order valence-electron chi connectivity index (χ2n) is 7.59. The van der Waals surface area contributed by atoms with Crippen LogP contribution >= 0.6 is 11.8 Å². The maximum atomic E-state index is 12.7. The highest BCUT2D eigenvalue weighted by Gasteiger charge is 2.48. The topological polar surface area (TPSA) is 85.3 Å². The summed E-state index contributed by atoms with van der Waals surface area (Å²) in [6.07, 6.45) is 0.179. The first-order valence-corrected chi connectivity index (χ1v) is 12.6. The Morgan fingerprint density at radius 3 is 2.16 bits per heavy atom. The van der Waals surface area contributed by atoms with Crippen molar-refractivity contribution >= 4 is 32.7 Å². The van der Waals surface area contributed by atoms with Gasteiger partial charge in [0.1, 0.15) is 11.5 Å². The van der Waals surface area contributed by atoms with Crippen LogP contribution in [0.25, 0.3) is 0 Å². The number of nitrogens with zero attached hydrogens (tertiary/aromatic N) is 2. The van der Waals surface area contributed by atoms with Crippen molar-refractivity contribution in [3.8, 4) is 11.5 Å². The van der Waals surface area contributed by atoms with Gasteiger partial charge in [0.15, 0.2) is 15.0 Å². The van der Waals surface area contributed by atoms with Crippen molar-refractivity contribution in [3.05, 3.63) is 59.7 Å². The van der Waals surface area contributed by atoms with Gasteiger partial charge in [0.25, 0.3) is 5.91 Å². The molecule has 2 aromatic carbocycles. The standard InChI is InChI=1S/C22H24N2O5S2/c1-28-17-7-3-15(4-8-17)11-21(25)23-22-24(12-16-5-9-18(29-2)10-6-16)19-13-31(26,27)14-20(19)30-22/h3-10,19-20H,11-14H2,1-2H3/t19-,20+/m1/s1. The molecule has 2 fully saturated rings. The van der Waals surface area contributed by atoms with Gasteiger partial charge >= 0.3 is 0 Å². The number of carbonyl (C=O) groups is 1. The van der Waals surface area contributed by atoms with Crippen LogP contribution < -0.4 is 9.47 Å². The highest BCUT2D eigenvalue weighted by molar-refractivity contribution is 8.15. The first-order valence-electron chi connectivity index (χ1n) is 9.88. The summed E-state index contributed by atoms with van der Waals surface area (Å²) in [6.45, 7) is 0.488. The Hall–Kier alpha value is -2.52. The van der Waals surface area contributed by atoms with Crippen LogP contribution in [0.2, 0.25) is 0 Å². The lowest BCUT2D eigenvalue weighted by Gasteiger charge is -2.24. The van der Waals surface area contributed by atoms with E-state index in [2.05, 4.69) is 4.99 Å². The number of benzene rings is 2. The van der Waals surface area contributed by atoms with Crippen LogP contribution in [0.3, 0.4) is 0 Å². The number of aliphatic imine (C=N–C) groups is 1. The molecule has 4 rings (SSSR count). The number of ether oxygens (including phenoxy) is 2. The molecule has 2 aliphatic heterocycles. The molecule has 31 heavy (non-hydrogen) atoms. The van der Waals surface area contributed by atoms with Gasteiger partial charge in [-0.1, -0.05) is 36.0 Å². The molecule has 164 valence electrons. The molecule has 1 amide bonds. The van der Waals surface area contributed by atoms with Gasteiger partial charge in [0, 0.05) is 11.8 Å². The van der Waals surface area contributed by atoms with Crippen molar-refractivity contribution in [2.75, 3.05) is 25.7 Å². The van der Waals surface area contributed by atoms with Crippen LogP contribution in [0.4, 0.5) is 0 Å². The molecule has 0 bridgehead atoms. The van der Waals surface area contributed by atoms with E-state index in [0.717, 1.165) is 22.6 Å². The Morgan fingerprint density at radius 1 is 1.00 bits per heavy atom. The van der Waals surface area contributed by atoms with E-state index >= 15 is 0 Å². The summed E-state index contributed by atoms with van der Waals surface area (Å²) in [4.78, 5) is 19.0. The van der Waals surface area contributed by atoms with E-state index in [-0.39, 0.29) is 35.1 Å². The maximum absolute atomic E-state index is 12.7. The highest BCUT2D eigenvalue weighted by Crippen LogP contribution is 2.39. The van der Waals surface area contributed by atoms with Crippen molar-refractivity contribution in [1.82, 2.24) is 4.90 Å². The SMILES string of the molecule is COc1ccc(CC(=O)N=C2S[C@H]3CS(=O)(=O)C[C@H]3N2Cc2ccc(OC)cc2)cc1. The number of amidine groups is 1. The van der Waals surface area contributed by atoms with E-state index in [1.165, 1.54) is 11.8 Å². The summed E-state index contributed by atoms with van der Waals surface area (Å²) in [7, 11) is 0.123. The van der Waals surface area contributed by atoms with Crippen LogP contribution in [-0.4, -0.2) is 61.4 Å². The van der Waals surface area contributed by atoms with Gasteiger partial charge in [-0.3, -0.25) is 4.79 Å². The fourth-order valence-electron chi connectivity index (χ4n) is 3.81. The quantitative estimate of drug-likeness (QED) is 0.655. The minimum Gasteiger partial charge on any atom is -0.497 e. The van der Waals surface area contributed by atoms with Crippen molar-refractivity contribution in [1.29, 1.82) is 0 Å². The van der Waals surface area contributed by atoms with Crippen molar-refractivity contribution in [2.24, 2.45) is 4.99 Å². The van der Waals surface area contributed by atoms with Gasteiger partial charge in [0.05, 0.1) is 38.2 Å². The molecule has 7 nitrogen and oxygen atoms in total. The highest BCUT2D eigenvalue weighted by atomic mass is 32.2. The first kappa shape index (κ1) is 21.7. The zero-order valence-corrected chi connectivity index (χ0v) is 19.0. The van der Waals surface area contributed by atoms with Crippen molar-refractivity contribution in [3.63, 3.8) is 0 Å². The van der Waals surface area contributed by atoms with Gasteiger partial charge in [-0.05, 0) is 35.4 Å². The van der Waals surface area contributed by atoms with E-state index in [9.17, 15) is 13.2 Å². The Balaban J connectivity index is 1.54. The number of rotatable bonds is 6. The summed E-state index contributed by atoms with van der Waals surface area (Å²) < 4.78 is 34.7. The minimum atomic E-state index is -3.08. The van der Waals surface area contributed by atoms with E-state index in [1.54, 1.807) is 14.2 Å². The van der Waals surface area contributed by atoms with Gasteiger partial charge < -0.3 is 14.4 Å². The average Bonchev–Trinajstić information content (AvgIpc) is 3.21. The van der Waals surface area contributed by atoms with E-state index in [1.807, 2.05) is 53.4 Å². The lowest BCUT2D eigenvalue weighted by atomic mass is 10.1. The van der Waals surface area contributed by atoms with Crippen molar-refractivity contribution in [2.45, 2.75) is 24.3 Å². The number of sulfone groups is 1. The largest absolute Gasteiger partial charge is 0.497 e. The molecule has 0 N–H and O–H groups in total. The molecule has 2 atom stereocenters. The molecule has 0 aliphatic carbocycles. The number of methoxy groups -OCH3 is 2. The van der Waals surface area contributed by atoms with E-state index < -0.39 is 9.84 Å². The van der Waals surface area contributed by atoms with E-state index in [0.29, 0.717) is 11.7 Å². The molecule has 0 spiro atoms. The van der Waals surface area contributed by atoms with Crippen LogP contribution in [-0.2, 0) is 27.6 Å². The van der Waals surface area contributed by atoms with Crippen molar-refractivity contribution < 1.29 is 22.7 Å². The lowest BCUT2D eigenvalue weighted by molar-refractivity contribution is -0.117. The summed E-state index contributed by atoms with van der Waals surface area (Å²) in [5, 5.41) is 0.495. The third-order valence-corrected chi connectivity index (χ3v) is 8.67. The first-order chi connectivity index (χ1) is 14.9. The average molecular weight is 461 g/mol. The maximum Gasteiger partial charge on any atom is 0.252 e. The molecule has 0 saturated carbocycles. The van der Waals surface area contributed by atoms with Gasteiger partial charge in [-0.2, -0.15) is 4.99 Å². The second kappa shape index (κ2) is 8.92. The molecular formula is C22H24N2O5S2. The Morgan fingerprint density at radius 2 is 1.58 bits per heavy atom. The van der Waals surface area contributed by atoms with E-state index in [4.69, 9.17) is 9.47 Å². The zero-order chi connectivity index (χ0) is 22.0. The summed E-state index contributed by atoms with van der Waals surface area (Å²) in [5.74, 6) is 1.44. The molecule has 0 radical (unpaired) electrons. The lowest BCUT2D eigenvalue weighted by Crippen LogP contribution is -2.37. The zero-order valence-electron chi connectivity index (χ0n) is 17.4. The van der Waals surface area contributed by atoms with Gasteiger partial charge in [-0.25, -0.2) is 8.42 Å². The predicted molar refractivity (Wildman–Crippen MR) is 121 cm³/mol. The molecule has 0 unspecified atom stereocenters. The number of hydrogen-bond acceptors (Lipinski definition) is 6. The Bertz CT molecular complexity index is 1080. The van der Waals surface area contributed by atoms with Crippen LogP contribution in [0.15, 0.2) is 53.5 Å². The van der Waals surface area contributed by atoms with Crippen LogP contribution in [0.5, 0.6) is 11.5 Å². The van der Waals surface area contributed by atoms with Crippen LogP contribution in [0, 0.1) is 0 Å². The monoisotopic (exact) mass is 460 g/mol. The molecule has 2 saturated heterocycles. The summed E-state index contributed by atoms with van der Waals surface area (Å²) in [5.41, 5.74) is 1.85. The molecular weight excluding hydrogens is 436 g/mol. The predicted octanol–water partition coefficient (Wildman–Crippen LogP) is 2.54. The molecule has 9 heteroatoms. The minimum absolute atomic E-state index is 0.0898. The van der Waals surface area contributed by atoms with Crippen LogP contribution in [0.1, 0.15) is 11.1 Å². The molecule has 0 aromatic heterocycles. The Labute approximate surface area is 186 Å². The number of thioether (sulfide) groups is 1. The number of carbonyl (C=O) groups excluding carboxylic acids is 1. The third-order valence-electron chi connectivity index (χ3n) is 5.42. The Kier molecular flexibility index (Phi) is 6.24.